The molecule has 21 heavy (non-hydrogen) atoms. The lowest BCUT2D eigenvalue weighted by molar-refractivity contribution is -0.155. The van der Waals surface area contributed by atoms with Crippen molar-refractivity contribution in [2.24, 2.45) is 7.05 Å². The third-order valence-corrected chi connectivity index (χ3v) is 2.95. The fourth-order valence-corrected chi connectivity index (χ4v) is 1.96. The number of rotatable bonds is 3. The molecule has 0 aliphatic heterocycles. The standard InChI is InChI=1S/C14H14F3N3O/c1-9-4-3-5-10(6-9)12(14(15,16)17)19-13(21)11-7-18-20(2)8-11/h3-8,12H,1-2H3,(H,19,21)/t12-/m0/s1. The molecule has 0 bridgehead atoms. The molecule has 2 rings (SSSR count). The van der Waals surface area contributed by atoms with Crippen LogP contribution in [0.25, 0.3) is 0 Å². The highest BCUT2D eigenvalue weighted by Crippen LogP contribution is 2.33. The van der Waals surface area contributed by atoms with Crippen molar-refractivity contribution < 1.29 is 18.0 Å². The Labute approximate surface area is 119 Å². The van der Waals surface area contributed by atoms with Crippen LogP contribution in [0.2, 0.25) is 0 Å². The van der Waals surface area contributed by atoms with E-state index in [4.69, 9.17) is 0 Å². The van der Waals surface area contributed by atoms with Crippen LogP contribution in [-0.4, -0.2) is 21.9 Å². The number of aromatic nitrogens is 2. The molecule has 112 valence electrons. The average Bonchev–Trinajstić information content (AvgIpc) is 2.81. The maximum atomic E-state index is 13.2. The first-order valence-electron chi connectivity index (χ1n) is 6.20. The van der Waals surface area contributed by atoms with Gasteiger partial charge in [-0.1, -0.05) is 29.8 Å². The van der Waals surface area contributed by atoms with Gasteiger partial charge in [0.15, 0.2) is 6.04 Å². The average molecular weight is 297 g/mol. The Kier molecular flexibility index (Phi) is 4.02. The van der Waals surface area contributed by atoms with E-state index in [0.29, 0.717) is 5.56 Å². The Morgan fingerprint density at radius 3 is 2.62 bits per heavy atom. The number of aryl methyl sites for hydroxylation is 2. The lowest BCUT2D eigenvalue weighted by Gasteiger charge is -2.22. The fourth-order valence-electron chi connectivity index (χ4n) is 1.96. The lowest BCUT2D eigenvalue weighted by atomic mass is 10.0. The van der Waals surface area contributed by atoms with Crippen LogP contribution in [0, 0.1) is 6.92 Å². The highest BCUT2D eigenvalue weighted by molar-refractivity contribution is 5.94. The van der Waals surface area contributed by atoms with Gasteiger partial charge in [-0.3, -0.25) is 9.48 Å². The monoisotopic (exact) mass is 297 g/mol. The van der Waals surface area contributed by atoms with Crippen molar-refractivity contribution in [3.63, 3.8) is 0 Å². The summed E-state index contributed by atoms with van der Waals surface area (Å²) in [6, 6.07) is 3.92. The highest BCUT2D eigenvalue weighted by Gasteiger charge is 2.42. The van der Waals surface area contributed by atoms with Crippen molar-refractivity contribution in [1.29, 1.82) is 0 Å². The third-order valence-electron chi connectivity index (χ3n) is 2.95. The van der Waals surface area contributed by atoms with E-state index in [1.807, 2.05) is 5.32 Å². The van der Waals surface area contributed by atoms with Crippen LogP contribution in [0.3, 0.4) is 0 Å². The number of alkyl halides is 3. The molecule has 1 N–H and O–H groups in total. The van der Waals surface area contributed by atoms with Crippen LogP contribution in [0.1, 0.15) is 27.5 Å². The molecule has 0 fully saturated rings. The first-order valence-corrected chi connectivity index (χ1v) is 6.20. The van der Waals surface area contributed by atoms with Gasteiger partial charge in [-0.25, -0.2) is 0 Å². The van der Waals surface area contributed by atoms with E-state index >= 15 is 0 Å². The maximum Gasteiger partial charge on any atom is 0.412 e. The number of benzene rings is 1. The largest absolute Gasteiger partial charge is 0.412 e. The number of nitrogens with zero attached hydrogens (tertiary/aromatic N) is 2. The first kappa shape index (κ1) is 15.1. The molecule has 0 aliphatic carbocycles. The number of carbonyl (C=O) groups excluding carboxylic acids is 1. The Bertz CT molecular complexity index is 649. The minimum Gasteiger partial charge on any atom is -0.337 e. The van der Waals surface area contributed by atoms with Gasteiger partial charge in [-0.05, 0) is 12.5 Å². The first-order chi connectivity index (χ1) is 9.77. The Morgan fingerprint density at radius 2 is 2.10 bits per heavy atom. The molecule has 1 aromatic heterocycles. The third kappa shape index (κ3) is 3.62. The summed E-state index contributed by atoms with van der Waals surface area (Å²) in [5, 5.41) is 5.78. The van der Waals surface area contributed by atoms with Crippen LogP contribution < -0.4 is 5.32 Å². The van der Waals surface area contributed by atoms with E-state index in [2.05, 4.69) is 5.10 Å². The minimum atomic E-state index is -4.58. The molecule has 0 aliphatic rings. The van der Waals surface area contributed by atoms with Gasteiger partial charge in [0.25, 0.3) is 5.91 Å². The number of hydrogen-bond donors (Lipinski definition) is 1. The van der Waals surface area contributed by atoms with Gasteiger partial charge in [0.2, 0.25) is 0 Å². The number of halogens is 3. The van der Waals surface area contributed by atoms with Crippen molar-refractivity contribution >= 4 is 5.91 Å². The molecule has 1 atom stereocenters. The van der Waals surface area contributed by atoms with E-state index in [0.717, 1.165) is 0 Å². The van der Waals surface area contributed by atoms with E-state index < -0.39 is 18.1 Å². The van der Waals surface area contributed by atoms with Gasteiger partial charge in [0.1, 0.15) is 0 Å². The maximum absolute atomic E-state index is 13.2. The molecule has 0 unspecified atom stereocenters. The van der Waals surface area contributed by atoms with Crippen LogP contribution in [0.15, 0.2) is 36.7 Å². The number of amides is 1. The topological polar surface area (TPSA) is 46.9 Å². The van der Waals surface area contributed by atoms with Crippen molar-refractivity contribution in [1.82, 2.24) is 15.1 Å². The molecule has 0 radical (unpaired) electrons. The molecule has 0 spiro atoms. The van der Waals surface area contributed by atoms with E-state index in [1.165, 1.54) is 35.3 Å². The van der Waals surface area contributed by atoms with Gasteiger partial charge in [-0.2, -0.15) is 18.3 Å². The lowest BCUT2D eigenvalue weighted by Crippen LogP contribution is -2.38. The molecule has 0 saturated heterocycles. The summed E-state index contributed by atoms with van der Waals surface area (Å²) in [7, 11) is 1.58. The van der Waals surface area contributed by atoms with Gasteiger partial charge >= 0.3 is 6.18 Å². The molecule has 1 amide bonds. The normalized spacial score (nSPS) is 13.0. The molecule has 4 nitrogen and oxygen atoms in total. The smallest absolute Gasteiger partial charge is 0.337 e. The zero-order valence-electron chi connectivity index (χ0n) is 11.5. The number of hydrogen-bond acceptors (Lipinski definition) is 2. The predicted molar refractivity (Wildman–Crippen MR) is 70.6 cm³/mol. The Hall–Kier alpha value is -2.31. The van der Waals surface area contributed by atoms with E-state index in [9.17, 15) is 18.0 Å². The second kappa shape index (κ2) is 5.59. The molecule has 0 saturated carbocycles. The van der Waals surface area contributed by atoms with E-state index in [1.54, 1.807) is 20.0 Å². The van der Waals surface area contributed by atoms with Gasteiger partial charge in [-0.15, -0.1) is 0 Å². The Morgan fingerprint density at radius 1 is 1.38 bits per heavy atom. The highest BCUT2D eigenvalue weighted by atomic mass is 19.4. The number of nitrogens with one attached hydrogen (secondary N) is 1. The van der Waals surface area contributed by atoms with Crippen LogP contribution in [-0.2, 0) is 7.05 Å². The summed E-state index contributed by atoms with van der Waals surface area (Å²) in [4.78, 5) is 11.9. The molecule has 2 aromatic rings. The minimum absolute atomic E-state index is 0.000240. The van der Waals surface area contributed by atoms with Crippen LogP contribution in [0.4, 0.5) is 13.2 Å². The van der Waals surface area contributed by atoms with Crippen molar-refractivity contribution in [3.05, 3.63) is 53.3 Å². The zero-order valence-corrected chi connectivity index (χ0v) is 11.5. The summed E-state index contributed by atoms with van der Waals surface area (Å²) in [6.07, 6.45) is -2.00. The van der Waals surface area contributed by atoms with Crippen LogP contribution in [0.5, 0.6) is 0 Å². The molecule has 1 aromatic carbocycles. The zero-order chi connectivity index (χ0) is 15.6. The summed E-state index contributed by atoms with van der Waals surface area (Å²) in [5.74, 6) is -0.813. The predicted octanol–water partition coefficient (Wildman–Crippen LogP) is 2.76. The SMILES string of the molecule is Cc1cccc([C@H](NC(=O)c2cnn(C)c2)C(F)(F)F)c1. The van der Waals surface area contributed by atoms with Gasteiger partial charge in [0, 0.05) is 13.2 Å². The van der Waals surface area contributed by atoms with Crippen molar-refractivity contribution in [2.75, 3.05) is 0 Å². The summed E-state index contributed by atoms with van der Waals surface area (Å²) < 4.78 is 40.9. The number of carbonyl (C=O) groups is 1. The quantitative estimate of drug-likeness (QED) is 0.947. The summed E-state index contributed by atoms with van der Waals surface area (Å²) in [5.41, 5.74) is 0.775. The van der Waals surface area contributed by atoms with Crippen molar-refractivity contribution in [3.8, 4) is 0 Å². The van der Waals surface area contributed by atoms with Gasteiger partial charge < -0.3 is 5.32 Å². The molecule has 1 heterocycles. The molecule has 7 heteroatoms. The Balaban J connectivity index is 2.28. The second-order valence-electron chi connectivity index (χ2n) is 4.76. The van der Waals surface area contributed by atoms with Gasteiger partial charge in [0.05, 0.1) is 11.8 Å². The van der Waals surface area contributed by atoms with Crippen molar-refractivity contribution in [2.45, 2.75) is 19.1 Å². The van der Waals surface area contributed by atoms with Crippen LogP contribution >= 0.6 is 0 Å². The summed E-state index contributed by atoms with van der Waals surface area (Å²) >= 11 is 0. The van der Waals surface area contributed by atoms with E-state index in [-0.39, 0.29) is 11.1 Å². The molecular weight excluding hydrogens is 283 g/mol. The second-order valence-corrected chi connectivity index (χ2v) is 4.76. The molecular formula is C14H14F3N3O. The fraction of sp³-hybridized carbons (Fsp3) is 0.286. The summed E-state index contributed by atoms with van der Waals surface area (Å²) in [6.45, 7) is 1.69.